The maximum atomic E-state index is 12.0. The Balaban J connectivity index is 2.09. The molecule has 0 unspecified atom stereocenters. The van der Waals surface area contributed by atoms with E-state index in [-0.39, 0.29) is 11.1 Å². The van der Waals surface area contributed by atoms with Crippen LogP contribution in [0.2, 0.25) is 0 Å². The van der Waals surface area contributed by atoms with Crippen molar-refractivity contribution in [2.75, 3.05) is 0 Å². The van der Waals surface area contributed by atoms with Gasteiger partial charge in [0.15, 0.2) is 0 Å². The molecule has 5 nitrogen and oxygen atoms in total. The fraction of sp³-hybridized carbons (Fsp3) is 0.133. The maximum absolute atomic E-state index is 12.0. The van der Waals surface area contributed by atoms with Crippen LogP contribution in [0.4, 0.5) is 0 Å². The number of aryl methyl sites for hydroxylation is 1. The molecule has 0 aliphatic rings. The third kappa shape index (κ3) is 3.20. The van der Waals surface area contributed by atoms with Crippen molar-refractivity contribution in [3.05, 3.63) is 65.0 Å². The van der Waals surface area contributed by atoms with Crippen LogP contribution in [0, 0.1) is 6.92 Å². The second kappa shape index (κ2) is 5.97. The molecule has 1 aromatic carbocycles. The Morgan fingerprint density at radius 3 is 2.45 bits per heavy atom. The molecule has 2 rings (SSSR count). The van der Waals surface area contributed by atoms with Crippen molar-refractivity contribution < 1.29 is 14.7 Å². The van der Waals surface area contributed by atoms with E-state index in [4.69, 9.17) is 5.11 Å². The number of amides is 1. The fourth-order valence-corrected chi connectivity index (χ4v) is 1.75. The summed E-state index contributed by atoms with van der Waals surface area (Å²) in [6.07, 6.45) is 1.68. The molecule has 2 N–H and O–H groups in total. The number of benzene rings is 1. The van der Waals surface area contributed by atoms with E-state index in [1.807, 2.05) is 19.1 Å². The number of nitrogens with one attached hydrogen (secondary N) is 1. The van der Waals surface area contributed by atoms with Gasteiger partial charge in [0.2, 0.25) is 0 Å². The van der Waals surface area contributed by atoms with Gasteiger partial charge in [-0.1, -0.05) is 18.2 Å². The standard InChI is InChI=1S/C15H14N2O3/c1-10-6-7-11(8-16-10)9-17-14(18)12-4-2-3-5-13(12)15(19)20/h2-8H,9H2,1H3,(H,17,18)(H,19,20). The van der Waals surface area contributed by atoms with Crippen molar-refractivity contribution in [1.82, 2.24) is 10.3 Å². The van der Waals surface area contributed by atoms with Crippen LogP contribution in [0.15, 0.2) is 42.6 Å². The summed E-state index contributed by atoms with van der Waals surface area (Å²) in [6.45, 7) is 2.19. The normalized spacial score (nSPS) is 10.1. The molecule has 0 spiro atoms. The van der Waals surface area contributed by atoms with Crippen molar-refractivity contribution in [2.45, 2.75) is 13.5 Å². The number of carboxylic acid groups (broad SMARTS) is 1. The van der Waals surface area contributed by atoms with E-state index < -0.39 is 11.9 Å². The third-order valence-electron chi connectivity index (χ3n) is 2.83. The van der Waals surface area contributed by atoms with Crippen LogP contribution in [0.25, 0.3) is 0 Å². The molecule has 20 heavy (non-hydrogen) atoms. The van der Waals surface area contributed by atoms with Gasteiger partial charge in [-0.05, 0) is 30.7 Å². The number of hydrogen-bond acceptors (Lipinski definition) is 3. The Kier molecular flexibility index (Phi) is 4.10. The number of carboxylic acids is 1. The summed E-state index contributed by atoms with van der Waals surface area (Å²) < 4.78 is 0. The number of hydrogen-bond donors (Lipinski definition) is 2. The van der Waals surface area contributed by atoms with Gasteiger partial charge in [-0.3, -0.25) is 9.78 Å². The predicted octanol–water partition coefficient (Wildman–Crippen LogP) is 2.02. The smallest absolute Gasteiger partial charge is 0.336 e. The van der Waals surface area contributed by atoms with Gasteiger partial charge in [0, 0.05) is 18.4 Å². The van der Waals surface area contributed by atoms with Gasteiger partial charge in [-0.25, -0.2) is 4.79 Å². The topological polar surface area (TPSA) is 79.3 Å². The average molecular weight is 270 g/mol. The van der Waals surface area contributed by atoms with Crippen LogP contribution in [0.3, 0.4) is 0 Å². The summed E-state index contributed by atoms with van der Waals surface area (Å²) in [7, 11) is 0. The number of rotatable bonds is 4. The van der Waals surface area contributed by atoms with E-state index >= 15 is 0 Å². The third-order valence-corrected chi connectivity index (χ3v) is 2.83. The van der Waals surface area contributed by atoms with Crippen molar-refractivity contribution in [3.63, 3.8) is 0 Å². The van der Waals surface area contributed by atoms with Gasteiger partial charge in [0.05, 0.1) is 11.1 Å². The van der Waals surface area contributed by atoms with Crippen molar-refractivity contribution in [2.24, 2.45) is 0 Å². The van der Waals surface area contributed by atoms with Gasteiger partial charge < -0.3 is 10.4 Å². The average Bonchev–Trinajstić information content (AvgIpc) is 2.46. The summed E-state index contributed by atoms with van der Waals surface area (Å²) >= 11 is 0. The van der Waals surface area contributed by atoms with Crippen LogP contribution in [-0.4, -0.2) is 22.0 Å². The SMILES string of the molecule is Cc1ccc(CNC(=O)c2ccccc2C(=O)O)cn1. The first-order valence-corrected chi connectivity index (χ1v) is 6.10. The molecule has 0 aliphatic heterocycles. The molecule has 0 radical (unpaired) electrons. The first-order chi connectivity index (χ1) is 9.58. The molecule has 0 aliphatic carbocycles. The molecule has 5 heteroatoms. The van der Waals surface area contributed by atoms with Crippen molar-refractivity contribution in [3.8, 4) is 0 Å². The highest BCUT2D eigenvalue weighted by molar-refractivity contribution is 6.04. The summed E-state index contributed by atoms with van der Waals surface area (Å²) in [4.78, 5) is 27.2. The number of aromatic carboxylic acids is 1. The van der Waals surface area contributed by atoms with E-state index in [1.165, 1.54) is 12.1 Å². The lowest BCUT2D eigenvalue weighted by Gasteiger charge is -2.07. The van der Waals surface area contributed by atoms with Crippen LogP contribution in [0.1, 0.15) is 32.0 Å². The minimum absolute atomic E-state index is 0.00738. The molecular formula is C15H14N2O3. The molecule has 1 heterocycles. The summed E-state index contributed by atoms with van der Waals surface area (Å²) in [5.41, 5.74) is 1.90. The maximum Gasteiger partial charge on any atom is 0.336 e. The summed E-state index contributed by atoms with van der Waals surface area (Å²) in [6, 6.07) is 9.84. The van der Waals surface area contributed by atoms with E-state index in [0.717, 1.165) is 11.3 Å². The van der Waals surface area contributed by atoms with Gasteiger partial charge in [-0.15, -0.1) is 0 Å². The van der Waals surface area contributed by atoms with E-state index in [1.54, 1.807) is 18.3 Å². The Morgan fingerprint density at radius 2 is 1.85 bits per heavy atom. The number of carbonyl (C=O) groups excluding carboxylic acids is 1. The second-order valence-corrected chi connectivity index (χ2v) is 4.34. The van der Waals surface area contributed by atoms with Gasteiger partial charge >= 0.3 is 5.97 Å². The first kappa shape index (κ1) is 13.7. The molecule has 0 saturated carbocycles. The molecule has 1 aromatic heterocycles. The van der Waals surface area contributed by atoms with Gasteiger partial charge in [0.1, 0.15) is 0 Å². The number of aromatic nitrogens is 1. The molecule has 0 saturated heterocycles. The predicted molar refractivity (Wildman–Crippen MR) is 73.5 cm³/mol. The second-order valence-electron chi connectivity index (χ2n) is 4.34. The molecular weight excluding hydrogens is 256 g/mol. The van der Waals surface area contributed by atoms with E-state index in [0.29, 0.717) is 6.54 Å². The van der Waals surface area contributed by atoms with Crippen molar-refractivity contribution >= 4 is 11.9 Å². The zero-order valence-corrected chi connectivity index (χ0v) is 11.0. The van der Waals surface area contributed by atoms with E-state index in [2.05, 4.69) is 10.3 Å². The van der Waals surface area contributed by atoms with Gasteiger partial charge in [-0.2, -0.15) is 0 Å². The number of nitrogens with zero attached hydrogens (tertiary/aromatic N) is 1. The molecule has 0 fully saturated rings. The zero-order chi connectivity index (χ0) is 14.5. The van der Waals surface area contributed by atoms with Crippen LogP contribution in [0.5, 0.6) is 0 Å². The Hall–Kier alpha value is -2.69. The quantitative estimate of drug-likeness (QED) is 0.890. The molecule has 0 atom stereocenters. The minimum atomic E-state index is -1.12. The van der Waals surface area contributed by atoms with Crippen LogP contribution >= 0.6 is 0 Å². The fourth-order valence-electron chi connectivity index (χ4n) is 1.75. The summed E-state index contributed by atoms with van der Waals surface area (Å²) in [5, 5.41) is 11.7. The van der Waals surface area contributed by atoms with Crippen LogP contribution in [-0.2, 0) is 6.54 Å². The monoisotopic (exact) mass is 270 g/mol. The van der Waals surface area contributed by atoms with E-state index in [9.17, 15) is 9.59 Å². The highest BCUT2D eigenvalue weighted by atomic mass is 16.4. The molecule has 1 amide bonds. The summed E-state index contributed by atoms with van der Waals surface area (Å²) in [5.74, 6) is -1.53. The van der Waals surface area contributed by atoms with Crippen molar-refractivity contribution in [1.29, 1.82) is 0 Å². The first-order valence-electron chi connectivity index (χ1n) is 6.10. The lowest BCUT2D eigenvalue weighted by atomic mass is 10.1. The Bertz CT molecular complexity index is 636. The zero-order valence-electron chi connectivity index (χ0n) is 11.0. The number of carbonyl (C=O) groups is 2. The highest BCUT2D eigenvalue weighted by Gasteiger charge is 2.15. The highest BCUT2D eigenvalue weighted by Crippen LogP contribution is 2.09. The Labute approximate surface area is 116 Å². The molecule has 0 bridgehead atoms. The molecule has 2 aromatic rings. The number of pyridine rings is 1. The van der Waals surface area contributed by atoms with Gasteiger partial charge in [0.25, 0.3) is 5.91 Å². The lowest BCUT2D eigenvalue weighted by Crippen LogP contribution is -2.25. The largest absolute Gasteiger partial charge is 0.478 e. The molecule has 102 valence electrons. The van der Waals surface area contributed by atoms with Crippen LogP contribution < -0.4 is 5.32 Å². The Morgan fingerprint density at radius 1 is 1.15 bits per heavy atom. The lowest BCUT2D eigenvalue weighted by molar-refractivity contribution is 0.0691. The minimum Gasteiger partial charge on any atom is -0.478 e.